The van der Waals surface area contributed by atoms with Crippen LogP contribution in [0.2, 0.25) is 0 Å². The van der Waals surface area contributed by atoms with Gasteiger partial charge in [0.25, 0.3) is 0 Å². The zero-order valence-corrected chi connectivity index (χ0v) is 15.6. The molecule has 0 atom stereocenters. The van der Waals surface area contributed by atoms with Crippen molar-refractivity contribution in [3.8, 4) is 11.8 Å². The molecule has 1 aromatic carbocycles. The second-order valence-corrected chi connectivity index (χ2v) is 8.04. The van der Waals surface area contributed by atoms with Crippen LogP contribution < -0.4 is 9.64 Å². The number of hydrogen-bond donors (Lipinski definition) is 0. The first kappa shape index (κ1) is 18.1. The predicted molar refractivity (Wildman–Crippen MR) is 95.4 cm³/mol. The molecule has 0 radical (unpaired) electrons. The average Bonchev–Trinajstić information content (AvgIpc) is 2.60. The normalized spacial score (nSPS) is 14.8. The van der Waals surface area contributed by atoms with E-state index in [0.29, 0.717) is 24.7 Å². The molecule has 0 saturated carbocycles. The van der Waals surface area contributed by atoms with Gasteiger partial charge in [0.15, 0.2) is 11.5 Å². The fraction of sp³-hybridized carbons (Fsp3) is 0.353. The first-order valence-electron chi connectivity index (χ1n) is 7.97. The third kappa shape index (κ3) is 3.09. The van der Waals surface area contributed by atoms with Gasteiger partial charge in [-0.3, -0.25) is 0 Å². The first-order valence-corrected chi connectivity index (χ1v) is 9.41. The van der Waals surface area contributed by atoms with Gasteiger partial charge in [0.2, 0.25) is 10.0 Å². The molecular formula is C17H19N5O3S. The van der Waals surface area contributed by atoms with Crippen LogP contribution in [0.1, 0.15) is 11.3 Å². The van der Waals surface area contributed by atoms with Crippen molar-refractivity contribution in [3.05, 3.63) is 41.9 Å². The summed E-state index contributed by atoms with van der Waals surface area (Å²) in [7, 11) is -0.698. The van der Waals surface area contributed by atoms with E-state index < -0.39 is 10.0 Å². The maximum atomic E-state index is 13.0. The lowest BCUT2D eigenvalue weighted by molar-refractivity contribution is 0.307. The van der Waals surface area contributed by atoms with Gasteiger partial charge < -0.3 is 9.64 Å². The number of benzene rings is 1. The minimum Gasteiger partial charge on any atom is -0.495 e. The van der Waals surface area contributed by atoms with E-state index >= 15 is 0 Å². The van der Waals surface area contributed by atoms with Crippen molar-refractivity contribution >= 4 is 15.8 Å². The highest BCUT2D eigenvalue weighted by molar-refractivity contribution is 7.89. The van der Waals surface area contributed by atoms with E-state index in [2.05, 4.69) is 9.97 Å². The highest BCUT2D eigenvalue weighted by atomic mass is 32.2. The second kappa shape index (κ2) is 6.90. The monoisotopic (exact) mass is 373 g/mol. The van der Waals surface area contributed by atoms with E-state index in [9.17, 15) is 8.42 Å². The molecule has 0 bridgehead atoms. The van der Waals surface area contributed by atoms with Crippen LogP contribution in [0.15, 0.2) is 35.5 Å². The summed E-state index contributed by atoms with van der Waals surface area (Å²) in [4.78, 5) is 10.2. The summed E-state index contributed by atoms with van der Waals surface area (Å²) in [6.45, 7) is 2.72. The molecule has 136 valence electrons. The van der Waals surface area contributed by atoms with Crippen LogP contribution in [0.25, 0.3) is 0 Å². The predicted octanol–water partition coefficient (Wildman–Crippen LogP) is 1.17. The van der Waals surface area contributed by atoms with Crippen molar-refractivity contribution in [2.24, 2.45) is 0 Å². The molecule has 3 rings (SSSR count). The zero-order chi connectivity index (χ0) is 18.9. The summed E-state index contributed by atoms with van der Waals surface area (Å²) in [5.74, 6) is 0.796. The lowest BCUT2D eigenvalue weighted by atomic mass is 10.1. The van der Waals surface area contributed by atoms with Crippen molar-refractivity contribution in [3.63, 3.8) is 0 Å². The van der Waals surface area contributed by atoms with Crippen LogP contribution in [0.5, 0.6) is 5.75 Å². The molecule has 0 spiro atoms. The number of nitrogens with zero attached hydrogens (tertiary/aromatic N) is 5. The van der Waals surface area contributed by atoms with Crippen molar-refractivity contribution in [2.45, 2.75) is 17.9 Å². The molecule has 1 aliphatic rings. The van der Waals surface area contributed by atoms with Crippen molar-refractivity contribution in [2.75, 3.05) is 32.1 Å². The van der Waals surface area contributed by atoms with E-state index in [-0.39, 0.29) is 16.6 Å². The van der Waals surface area contributed by atoms with Crippen LogP contribution >= 0.6 is 0 Å². The molecule has 0 N–H and O–H groups in total. The van der Waals surface area contributed by atoms with Gasteiger partial charge in [-0.05, 0) is 24.6 Å². The summed E-state index contributed by atoms with van der Waals surface area (Å²) in [6, 6.07) is 6.85. The van der Waals surface area contributed by atoms with Gasteiger partial charge in [0, 0.05) is 32.5 Å². The third-order valence-corrected chi connectivity index (χ3v) is 6.37. The van der Waals surface area contributed by atoms with Gasteiger partial charge >= 0.3 is 0 Å². The number of ether oxygens (including phenoxy) is 1. The van der Waals surface area contributed by atoms with Gasteiger partial charge in [-0.15, -0.1) is 0 Å². The average molecular weight is 373 g/mol. The molecule has 26 heavy (non-hydrogen) atoms. The molecule has 0 aliphatic carbocycles. The van der Waals surface area contributed by atoms with Gasteiger partial charge in [-0.1, -0.05) is 6.07 Å². The number of likely N-dealkylation sites (N-methyl/N-ethyl adjacent to an activating group) is 1. The molecule has 1 saturated heterocycles. The Morgan fingerprint density at radius 2 is 2.00 bits per heavy atom. The molecule has 8 nitrogen and oxygen atoms in total. The van der Waals surface area contributed by atoms with Gasteiger partial charge in [-0.25, -0.2) is 18.4 Å². The highest BCUT2D eigenvalue weighted by Crippen LogP contribution is 2.31. The topological polar surface area (TPSA) is 99.4 Å². The van der Waals surface area contributed by atoms with Gasteiger partial charge in [-0.2, -0.15) is 9.57 Å². The molecule has 1 aromatic heterocycles. The number of rotatable bonds is 5. The third-order valence-electron chi connectivity index (χ3n) is 4.44. The van der Waals surface area contributed by atoms with E-state index in [0.717, 1.165) is 5.56 Å². The first-order chi connectivity index (χ1) is 12.4. The minimum atomic E-state index is -3.71. The smallest absolute Gasteiger partial charge is 0.246 e. The molecule has 9 heteroatoms. The minimum absolute atomic E-state index is 0.151. The molecular weight excluding hydrogens is 354 g/mol. The lowest BCUT2D eigenvalue weighted by Gasteiger charge is -2.44. The van der Waals surface area contributed by atoms with Crippen LogP contribution in [0.4, 0.5) is 5.82 Å². The highest BCUT2D eigenvalue weighted by Gasteiger charge is 2.39. The Morgan fingerprint density at radius 3 is 2.65 bits per heavy atom. The Balaban J connectivity index is 1.80. The van der Waals surface area contributed by atoms with E-state index in [4.69, 9.17) is 10.00 Å². The molecule has 2 heterocycles. The molecule has 0 unspecified atom stereocenters. The largest absolute Gasteiger partial charge is 0.495 e. The van der Waals surface area contributed by atoms with Gasteiger partial charge in [0.1, 0.15) is 16.7 Å². The number of hydrogen-bond acceptors (Lipinski definition) is 7. The van der Waals surface area contributed by atoms with Crippen LogP contribution in [-0.4, -0.2) is 56.0 Å². The molecule has 2 aromatic rings. The maximum Gasteiger partial charge on any atom is 0.246 e. The number of sulfonamides is 1. The number of methoxy groups -OCH3 is 1. The quantitative estimate of drug-likeness (QED) is 0.776. The number of anilines is 1. The van der Waals surface area contributed by atoms with E-state index in [1.807, 2.05) is 17.9 Å². The molecule has 0 amide bonds. The summed E-state index contributed by atoms with van der Waals surface area (Å²) in [5.41, 5.74) is 1.07. The lowest BCUT2D eigenvalue weighted by Crippen LogP contribution is -2.60. The zero-order valence-electron chi connectivity index (χ0n) is 14.7. The Morgan fingerprint density at radius 1 is 1.31 bits per heavy atom. The van der Waals surface area contributed by atoms with E-state index in [1.165, 1.54) is 23.8 Å². The maximum absolute atomic E-state index is 13.0. The molecule has 1 aliphatic heterocycles. The summed E-state index contributed by atoms with van der Waals surface area (Å²) < 4.78 is 32.6. The Kier molecular flexibility index (Phi) is 4.80. The standard InChI is InChI=1S/C17H19N5O3S/c1-12-4-5-15(25-3)16(8-12)26(23,24)21(2)13-10-22(11-13)17-14(9-18)19-6-7-20-17/h4-8,13H,10-11H2,1-3H3. The molecule has 1 fully saturated rings. The Hall–Kier alpha value is -2.70. The number of aromatic nitrogens is 2. The fourth-order valence-electron chi connectivity index (χ4n) is 2.84. The fourth-order valence-corrected chi connectivity index (χ4v) is 4.41. The summed E-state index contributed by atoms with van der Waals surface area (Å²) in [5, 5.41) is 9.12. The van der Waals surface area contributed by atoms with Crippen molar-refractivity contribution in [1.82, 2.24) is 14.3 Å². The van der Waals surface area contributed by atoms with E-state index in [1.54, 1.807) is 25.2 Å². The second-order valence-electron chi connectivity index (χ2n) is 6.07. The van der Waals surface area contributed by atoms with Crippen molar-refractivity contribution < 1.29 is 13.2 Å². The number of aryl methyl sites for hydroxylation is 1. The van der Waals surface area contributed by atoms with Crippen LogP contribution in [-0.2, 0) is 10.0 Å². The van der Waals surface area contributed by atoms with Gasteiger partial charge in [0.05, 0.1) is 13.2 Å². The summed E-state index contributed by atoms with van der Waals surface area (Å²) in [6.07, 6.45) is 2.97. The number of nitriles is 1. The Bertz CT molecular complexity index is 965. The Labute approximate surface area is 152 Å². The van der Waals surface area contributed by atoms with Crippen LogP contribution in [0, 0.1) is 18.3 Å². The SMILES string of the molecule is COc1ccc(C)cc1S(=O)(=O)N(C)C1CN(c2nccnc2C#N)C1. The summed E-state index contributed by atoms with van der Waals surface area (Å²) >= 11 is 0. The van der Waals surface area contributed by atoms with Crippen LogP contribution in [0.3, 0.4) is 0 Å². The van der Waals surface area contributed by atoms with Crippen molar-refractivity contribution in [1.29, 1.82) is 5.26 Å².